The standard InChI is InChI=1S/C25H25N3O3/c1-18-23(24(29)28(27(18)4)20-13-9-6-10-14-20)26-16-15-21-17-22(31-25(2,3)30-21)19-11-7-5-8-12-19/h5-17H,1-4H3/b21-15+,26-16?. The zero-order valence-corrected chi connectivity index (χ0v) is 18.1. The molecule has 0 saturated heterocycles. The zero-order valence-electron chi connectivity index (χ0n) is 18.1. The van der Waals surface area contributed by atoms with Crippen LogP contribution in [0.5, 0.6) is 0 Å². The summed E-state index contributed by atoms with van der Waals surface area (Å²) in [6.45, 7) is 5.59. The highest BCUT2D eigenvalue weighted by molar-refractivity contribution is 5.77. The molecule has 0 spiro atoms. The molecule has 0 aliphatic carbocycles. The van der Waals surface area contributed by atoms with Crippen molar-refractivity contribution in [2.24, 2.45) is 12.0 Å². The maximum Gasteiger partial charge on any atom is 0.297 e. The molecule has 0 unspecified atom stereocenters. The molecule has 2 aromatic carbocycles. The van der Waals surface area contributed by atoms with Crippen LogP contribution in [0.15, 0.2) is 88.4 Å². The van der Waals surface area contributed by atoms with Crippen LogP contribution in [0.25, 0.3) is 11.4 Å². The van der Waals surface area contributed by atoms with E-state index in [1.807, 2.05) is 94.6 Å². The van der Waals surface area contributed by atoms with Gasteiger partial charge in [-0.2, -0.15) is 0 Å². The first kappa shape index (κ1) is 20.5. The second kappa shape index (κ2) is 8.14. The predicted octanol–water partition coefficient (Wildman–Crippen LogP) is 4.89. The van der Waals surface area contributed by atoms with Crippen molar-refractivity contribution in [3.8, 4) is 5.69 Å². The van der Waals surface area contributed by atoms with E-state index in [0.717, 1.165) is 22.7 Å². The van der Waals surface area contributed by atoms with Gasteiger partial charge >= 0.3 is 0 Å². The molecule has 1 aromatic heterocycles. The molecule has 6 heteroatoms. The van der Waals surface area contributed by atoms with Gasteiger partial charge in [0.1, 0.15) is 11.5 Å². The minimum atomic E-state index is -0.817. The number of allylic oxidation sites excluding steroid dienone is 2. The number of hydrogen-bond donors (Lipinski definition) is 0. The second-order valence-electron chi connectivity index (χ2n) is 7.74. The first-order chi connectivity index (χ1) is 14.9. The number of ether oxygens (including phenoxy) is 2. The maximum atomic E-state index is 13.0. The van der Waals surface area contributed by atoms with E-state index in [9.17, 15) is 4.79 Å². The number of aliphatic imine (C=N–C) groups is 1. The van der Waals surface area contributed by atoms with E-state index in [4.69, 9.17) is 9.47 Å². The minimum Gasteiger partial charge on any atom is -0.453 e. The summed E-state index contributed by atoms with van der Waals surface area (Å²) in [6, 6.07) is 19.4. The molecular weight excluding hydrogens is 390 g/mol. The zero-order chi connectivity index (χ0) is 22.0. The summed E-state index contributed by atoms with van der Waals surface area (Å²) in [7, 11) is 1.85. The molecule has 158 valence electrons. The Morgan fingerprint density at radius 2 is 1.61 bits per heavy atom. The Hall–Kier alpha value is -3.80. The topological polar surface area (TPSA) is 57.8 Å². The third-order valence-corrected chi connectivity index (χ3v) is 5.02. The van der Waals surface area contributed by atoms with Gasteiger partial charge in [-0.25, -0.2) is 9.67 Å². The van der Waals surface area contributed by atoms with Gasteiger partial charge < -0.3 is 9.47 Å². The summed E-state index contributed by atoms with van der Waals surface area (Å²) in [5, 5.41) is 0. The Morgan fingerprint density at radius 1 is 0.968 bits per heavy atom. The molecule has 0 atom stereocenters. The summed E-state index contributed by atoms with van der Waals surface area (Å²) >= 11 is 0. The third-order valence-electron chi connectivity index (χ3n) is 5.02. The molecule has 6 nitrogen and oxygen atoms in total. The van der Waals surface area contributed by atoms with Gasteiger partial charge in [0.2, 0.25) is 5.79 Å². The highest BCUT2D eigenvalue weighted by Crippen LogP contribution is 2.32. The normalized spacial score (nSPS) is 16.8. The minimum absolute atomic E-state index is 0.172. The summed E-state index contributed by atoms with van der Waals surface area (Å²) in [6.07, 6.45) is 5.16. The highest BCUT2D eigenvalue weighted by atomic mass is 16.7. The molecule has 0 radical (unpaired) electrons. The van der Waals surface area contributed by atoms with E-state index >= 15 is 0 Å². The van der Waals surface area contributed by atoms with Gasteiger partial charge in [-0.3, -0.25) is 9.48 Å². The van der Waals surface area contributed by atoms with Gasteiger partial charge in [-0.05, 0) is 25.1 Å². The highest BCUT2D eigenvalue weighted by Gasteiger charge is 2.28. The third kappa shape index (κ3) is 4.23. The average Bonchev–Trinajstić information content (AvgIpc) is 2.97. The van der Waals surface area contributed by atoms with Crippen LogP contribution in [-0.4, -0.2) is 21.4 Å². The Balaban J connectivity index is 1.67. The van der Waals surface area contributed by atoms with Crippen LogP contribution in [0.4, 0.5) is 5.69 Å². The summed E-state index contributed by atoms with van der Waals surface area (Å²) < 4.78 is 15.3. The molecule has 3 aromatic rings. The Morgan fingerprint density at radius 3 is 2.29 bits per heavy atom. The van der Waals surface area contributed by atoms with E-state index < -0.39 is 5.79 Å². The van der Waals surface area contributed by atoms with E-state index in [1.54, 1.807) is 21.7 Å². The lowest BCUT2D eigenvalue weighted by Crippen LogP contribution is -2.30. The molecule has 1 aliphatic rings. The summed E-state index contributed by atoms with van der Waals surface area (Å²) in [5.41, 5.74) is 2.75. The van der Waals surface area contributed by atoms with Crippen molar-refractivity contribution < 1.29 is 9.47 Å². The Bertz CT molecular complexity index is 1230. The lowest BCUT2D eigenvalue weighted by molar-refractivity contribution is -0.149. The molecule has 0 saturated carbocycles. The molecule has 0 amide bonds. The van der Waals surface area contributed by atoms with Crippen molar-refractivity contribution in [3.05, 3.63) is 100 Å². The van der Waals surface area contributed by atoms with Crippen molar-refractivity contribution in [2.45, 2.75) is 26.6 Å². The van der Waals surface area contributed by atoms with Gasteiger partial charge in [0.25, 0.3) is 5.56 Å². The van der Waals surface area contributed by atoms with E-state index in [-0.39, 0.29) is 5.56 Å². The van der Waals surface area contributed by atoms with Crippen LogP contribution in [0.3, 0.4) is 0 Å². The summed E-state index contributed by atoms with van der Waals surface area (Å²) in [4.78, 5) is 17.4. The van der Waals surface area contributed by atoms with Crippen LogP contribution in [-0.2, 0) is 16.5 Å². The van der Waals surface area contributed by atoms with Crippen LogP contribution in [0, 0.1) is 6.92 Å². The Labute approximate surface area is 181 Å². The SMILES string of the molecule is Cc1c(N=C/C=C2\C=C(c3ccccc3)OC(C)(C)O2)c(=O)n(-c2ccccc2)n1C. The maximum absolute atomic E-state index is 13.0. The van der Waals surface area contributed by atoms with Crippen LogP contribution in [0.1, 0.15) is 25.1 Å². The largest absolute Gasteiger partial charge is 0.453 e. The van der Waals surface area contributed by atoms with Crippen LogP contribution < -0.4 is 5.56 Å². The molecule has 2 heterocycles. The molecule has 31 heavy (non-hydrogen) atoms. The van der Waals surface area contributed by atoms with Crippen molar-refractivity contribution in [1.82, 2.24) is 9.36 Å². The van der Waals surface area contributed by atoms with Crippen molar-refractivity contribution >= 4 is 17.7 Å². The number of rotatable bonds is 4. The second-order valence-corrected chi connectivity index (χ2v) is 7.74. The molecule has 0 bridgehead atoms. The van der Waals surface area contributed by atoms with E-state index in [1.165, 1.54) is 0 Å². The number of benzene rings is 2. The van der Waals surface area contributed by atoms with E-state index in [2.05, 4.69) is 4.99 Å². The molecule has 0 fully saturated rings. The van der Waals surface area contributed by atoms with Crippen molar-refractivity contribution in [2.75, 3.05) is 0 Å². The quantitative estimate of drug-likeness (QED) is 0.570. The van der Waals surface area contributed by atoms with Gasteiger partial charge in [0.15, 0.2) is 5.69 Å². The van der Waals surface area contributed by atoms with Gasteiger partial charge in [0, 0.05) is 38.7 Å². The smallest absolute Gasteiger partial charge is 0.297 e. The predicted molar refractivity (Wildman–Crippen MR) is 123 cm³/mol. The number of aromatic nitrogens is 2. The fraction of sp³-hybridized carbons (Fsp3) is 0.200. The fourth-order valence-corrected chi connectivity index (χ4v) is 3.47. The van der Waals surface area contributed by atoms with E-state index in [0.29, 0.717) is 11.4 Å². The lowest BCUT2D eigenvalue weighted by Gasteiger charge is -2.33. The number of para-hydroxylation sites is 1. The van der Waals surface area contributed by atoms with Crippen LogP contribution in [0.2, 0.25) is 0 Å². The molecule has 1 aliphatic heterocycles. The average molecular weight is 415 g/mol. The van der Waals surface area contributed by atoms with Crippen molar-refractivity contribution in [3.63, 3.8) is 0 Å². The fourth-order valence-electron chi connectivity index (χ4n) is 3.47. The number of nitrogens with zero attached hydrogens (tertiary/aromatic N) is 3. The monoisotopic (exact) mass is 415 g/mol. The molecule has 0 N–H and O–H groups in total. The van der Waals surface area contributed by atoms with Gasteiger partial charge in [0.05, 0.1) is 11.4 Å². The molecule has 4 rings (SSSR count). The number of hydrogen-bond acceptors (Lipinski definition) is 4. The van der Waals surface area contributed by atoms with Crippen LogP contribution >= 0.6 is 0 Å². The first-order valence-corrected chi connectivity index (χ1v) is 10.1. The van der Waals surface area contributed by atoms with Gasteiger partial charge in [-0.15, -0.1) is 0 Å². The Kier molecular flexibility index (Phi) is 5.38. The van der Waals surface area contributed by atoms with Gasteiger partial charge in [-0.1, -0.05) is 48.5 Å². The first-order valence-electron chi connectivity index (χ1n) is 10.1. The lowest BCUT2D eigenvalue weighted by atomic mass is 10.1. The van der Waals surface area contributed by atoms with Crippen molar-refractivity contribution in [1.29, 1.82) is 0 Å². The summed E-state index contributed by atoms with van der Waals surface area (Å²) in [5.74, 6) is 0.511. The molecular formula is C25H25N3O3.